The first-order valence-corrected chi connectivity index (χ1v) is 8.35. The van der Waals surface area contributed by atoms with Crippen LogP contribution in [0.1, 0.15) is 17.0 Å². The predicted molar refractivity (Wildman–Crippen MR) is 83.2 cm³/mol. The Balaban J connectivity index is 2.33. The van der Waals surface area contributed by atoms with Crippen molar-refractivity contribution in [3.8, 4) is 0 Å². The number of H-pyrrole nitrogens is 1. The van der Waals surface area contributed by atoms with Crippen LogP contribution in [0, 0.1) is 13.8 Å². The highest BCUT2D eigenvalue weighted by molar-refractivity contribution is 7.89. The van der Waals surface area contributed by atoms with Gasteiger partial charge in [0.1, 0.15) is 4.90 Å². The smallest absolute Gasteiger partial charge is 0.246 e. The Morgan fingerprint density at radius 2 is 1.95 bits per heavy atom. The van der Waals surface area contributed by atoms with Crippen molar-refractivity contribution in [1.29, 1.82) is 0 Å². The summed E-state index contributed by atoms with van der Waals surface area (Å²) in [5.74, 6) is 0. The molecule has 0 aliphatic heterocycles. The van der Waals surface area contributed by atoms with Crippen LogP contribution in [-0.2, 0) is 16.6 Å². The number of aromatic nitrogens is 2. The molecule has 1 N–H and O–H groups in total. The van der Waals surface area contributed by atoms with Gasteiger partial charge in [-0.15, -0.1) is 0 Å². The number of rotatable bonds is 4. The van der Waals surface area contributed by atoms with E-state index in [1.807, 2.05) is 0 Å². The van der Waals surface area contributed by atoms with E-state index in [1.165, 1.54) is 11.4 Å². The molecule has 0 radical (unpaired) electrons. The van der Waals surface area contributed by atoms with Crippen molar-refractivity contribution in [2.45, 2.75) is 25.3 Å². The molecule has 5 nitrogen and oxygen atoms in total. The molecular weight excluding hydrogens is 333 g/mol. The summed E-state index contributed by atoms with van der Waals surface area (Å²) in [6, 6.07) is 4.98. The van der Waals surface area contributed by atoms with Crippen molar-refractivity contribution in [1.82, 2.24) is 14.5 Å². The lowest BCUT2D eigenvalue weighted by atomic mass is 10.2. The van der Waals surface area contributed by atoms with Crippen molar-refractivity contribution in [2.75, 3.05) is 7.05 Å². The van der Waals surface area contributed by atoms with Gasteiger partial charge in [0.15, 0.2) is 0 Å². The molecule has 1 heterocycles. The molecule has 0 saturated carbocycles. The Morgan fingerprint density at radius 3 is 2.48 bits per heavy atom. The largest absolute Gasteiger partial charge is 0.281 e. The molecule has 0 spiro atoms. The second-order valence-electron chi connectivity index (χ2n) is 4.76. The van der Waals surface area contributed by atoms with Crippen molar-refractivity contribution in [2.24, 2.45) is 0 Å². The number of nitrogens with one attached hydrogen (secondary N) is 1. The summed E-state index contributed by atoms with van der Waals surface area (Å²) < 4.78 is 26.5. The molecule has 114 valence electrons. The van der Waals surface area contributed by atoms with Crippen LogP contribution in [0.4, 0.5) is 0 Å². The van der Waals surface area contributed by atoms with Crippen molar-refractivity contribution in [3.05, 3.63) is 45.2 Å². The van der Waals surface area contributed by atoms with Gasteiger partial charge in [-0.3, -0.25) is 5.10 Å². The van der Waals surface area contributed by atoms with Crippen LogP contribution in [0.15, 0.2) is 23.1 Å². The van der Waals surface area contributed by atoms with E-state index in [1.54, 1.807) is 32.0 Å². The van der Waals surface area contributed by atoms with E-state index in [4.69, 9.17) is 23.2 Å². The first-order chi connectivity index (χ1) is 9.73. The molecule has 0 bridgehead atoms. The van der Waals surface area contributed by atoms with Gasteiger partial charge in [-0.2, -0.15) is 9.40 Å². The van der Waals surface area contributed by atoms with Crippen molar-refractivity contribution < 1.29 is 8.42 Å². The zero-order chi connectivity index (χ0) is 15.8. The fraction of sp³-hybridized carbons (Fsp3) is 0.308. The lowest BCUT2D eigenvalue weighted by Crippen LogP contribution is -2.27. The minimum absolute atomic E-state index is 0.155. The van der Waals surface area contributed by atoms with Crippen LogP contribution in [0.25, 0.3) is 0 Å². The number of nitrogens with zero attached hydrogens (tertiary/aromatic N) is 2. The highest BCUT2D eigenvalue weighted by atomic mass is 35.5. The quantitative estimate of drug-likeness (QED) is 0.923. The average molecular weight is 348 g/mol. The molecule has 21 heavy (non-hydrogen) atoms. The number of halogens is 2. The molecule has 0 fully saturated rings. The third kappa shape index (κ3) is 3.23. The van der Waals surface area contributed by atoms with Crippen LogP contribution in [-0.4, -0.2) is 30.0 Å². The summed E-state index contributed by atoms with van der Waals surface area (Å²) >= 11 is 11.9. The first-order valence-electron chi connectivity index (χ1n) is 6.15. The van der Waals surface area contributed by atoms with Crippen LogP contribution in [0.2, 0.25) is 10.0 Å². The van der Waals surface area contributed by atoms with Gasteiger partial charge < -0.3 is 0 Å². The molecule has 0 atom stereocenters. The maximum absolute atomic E-state index is 12.6. The summed E-state index contributed by atoms with van der Waals surface area (Å²) in [5.41, 5.74) is 1.65. The Kier molecular flexibility index (Phi) is 4.63. The van der Waals surface area contributed by atoms with Gasteiger partial charge in [0.2, 0.25) is 10.0 Å². The minimum atomic E-state index is -3.63. The minimum Gasteiger partial charge on any atom is -0.281 e. The normalized spacial score (nSPS) is 12.1. The van der Waals surface area contributed by atoms with Gasteiger partial charge >= 0.3 is 0 Å². The monoisotopic (exact) mass is 347 g/mol. The van der Waals surface area contributed by atoms with Crippen LogP contribution >= 0.6 is 23.2 Å². The molecule has 0 aliphatic carbocycles. The van der Waals surface area contributed by atoms with Gasteiger partial charge in [-0.1, -0.05) is 29.3 Å². The number of hydrogen-bond acceptors (Lipinski definition) is 3. The summed E-state index contributed by atoms with van der Waals surface area (Å²) in [7, 11) is -2.13. The lowest BCUT2D eigenvalue weighted by molar-refractivity contribution is 0.466. The number of benzene rings is 1. The molecule has 1 aromatic heterocycles. The lowest BCUT2D eigenvalue weighted by Gasteiger charge is -2.18. The first kappa shape index (κ1) is 16.3. The van der Waals surface area contributed by atoms with Gasteiger partial charge in [0.25, 0.3) is 0 Å². The number of aromatic amines is 1. The van der Waals surface area contributed by atoms with Crippen LogP contribution in [0.5, 0.6) is 0 Å². The fourth-order valence-electron chi connectivity index (χ4n) is 2.05. The molecule has 0 aliphatic rings. The highest BCUT2D eigenvalue weighted by Crippen LogP contribution is 2.26. The zero-order valence-corrected chi connectivity index (χ0v) is 14.1. The van der Waals surface area contributed by atoms with Gasteiger partial charge in [0.05, 0.1) is 11.4 Å². The third-order valence-electron chi connectivity index (χ3n) is 3.14. The number of sulfonamides is 1. The zero-order valence-electron chi connectivity index (χ0n) is 11.8. The molecule has 1 aromatic carbocycles. The summed E-state index contributed by atoms with van der Waals surface area (Å²) in [6.45, 7) is 3.48. The van der Waals surface area contributed by atoms with E-state index >= 15 is 0 Å². The SMILES string of the molecule is Cc1n[nH]c(C)c1S(=O)(=O)N(C)Cc1ccc(Cl)cc1Cl. The summed E-state index contributed by atoms with van der Waals surface area (Å²) in [6.07, 6.45) is 0. The summed E-state index contributed by atoms with van der Waals surface area (Å²) in [5, 5.41) is 7.55. The predicted octanol–water partition coefficient (Wildman–Crippen LogP) is 3.15. The Morgan fingerprint density at radius 1 is 1.29 bits per heavy atom. The molecular formula is C13H15Cl2N3O2S. The Bertz CT molecular complexity index is 752. The summed E-state index contributed by atoms with van der Waals surface area (Å²) in [4.78, 5) is 0.204. The third-order valence-corrected chi connectivity index (χ3v) is 5.79. The maximum Gasteiger partial charge on any atom is 0.246 e. The maximum atomic E-state index is 12.6. The van der Waals surface area contributed by atoms with Gasteiger partial charge in [0, 0.05) is 23.6 Å². The van der Waals surface area contributed by atoms with E-state index < -0.39 is 10.0 Å². The topological polar surface area (TPSA) is 66.1 Å². The van der Waals surface area contributed by atoms with E-state index in [-0.39, 0.29) is 11.4 Å². The second kappa shape index (κ2) is 5.96. The van der Waals surface area contributed by atoms with Crippen LogP contribution in [0.3, 0.4) is 0 Å². The van der Waals surface area contributed by atoms with Gasteiger partial charge in [-0.25, -0.2) is 8.42 Å². The standard InChI is InChI=1S/C13H15Cl2N3O2S/c1-8-13(9(2)17-16-8)21(19,20)18(3)7-10-4-5-11(14)6-12(10)15/h4-6H,7H2,1-3H3,(H,16,17). The average Bonchev–Trinajstić information content (AvgIpc) is 2.72. The molecule has 2 aromatic rings. The molecule has 2 rings (SSSR count). The molecule has 0 saturated heterocycles. The van der Waals surface area contributed by atoms with E-state index in [0.717, 1.165) is 0 Å². The second-order valence-corrected chi connectivity index (χ2v) is 7.59. The number of hydrogen-bond donors (Lipinski definition) is 1. The molecule has 8 heteroatoms. The molecule has 0 unspecified atom stereocenters. The van der Waals surface area contributed by atoms with E-state index in [0.29, 0.717) is 27.0 Å². The Labute approximate surface area is 133 Å². The number of aryl methyl sites for hydroxylation is 2. The fourth-order valence-corrected chi connectivity index (χ4v) is 3.99. The van der Waals surface area contributed by atoms with E-state index in [2.05, 4.69) is 10.2 Å². The van der Waals surface area contributed by atoms with E-state index in [9.17, 15) is 8.42 Å². The highest BCUT2D eigenvalue weighted by Gasteiger charge is 2.27. The Hall–Kier alpha value is -1.08. The van der Waals surface area contributed by atoms with Gasteiger partial charge in [-0.05, 0) is 31.5 Å². The van der Waals surface area contributed by atoms with Crippen molar-refractivity contribution in [3.63, 3.8) is 0 Å². The van der Waals surface area contributed by atoms with Crippen molar-refractivity contribution >= 4 is 33.2 Å². The van der Waals surface area contributed by atoms with Crippen LogP contribution < -0.4 is 0 Å². The molecule has 0 amide bonds.